The van der Waals surface area contributed by atoms with Crippen molar-refractivity contribution in [3.63, 3.8) is 0 Å². The summed E-state index contributed by atoms with van der Waals surface area (Å²) in [5.41, 5.74) is 0. The van der Waals surface area contributed by atoms with Gasteiger partial charge in [-0.05, 0) is 25.2 Å². The average Bonchev–Trinajstić information content (AvgIpc) is 2.05. The molecule has 0 aromatic rings. The van der Waals surface area contributed by atoms with E-state index in [1.165, 1.54) is 6.42 Å². The minimum atomic E-state index is -0.825. The Hall–Kier alpha value is 0.0700. The van der Waals surface area contributed by atoms with E-state index in [1.807, 2.05) is 4.31 Å². The lowest BCUT2D eigenvalue weighted by atomic mass is 9.97. The third kappa shape index (κ3) is 2.84. The molecule has 0 bridgehead atoms. The number of nitrogens with zero attached hydrogens (tertiary/aromatic N) is 1. The molecule has 12 heavy (non-hydrogen) atoms. The van der Waals surface area contributed by atoms with Crippen molar-refractivity contribution in [1.29, 1.82) is 0 Å². The van der Waals surface area contributed by atoms with Gasteiger partial charge < -0.3 is 5.11 Å². The summed E-state index contributed by atoms with van der Waals surface area (Å²) in [7, 11) is -0.825. The molecule has 4 heteroatoms. The number of piperidine rings is 1. The minimum absolute atomic E-state index is 0.259. The molecular formula is C8H17NO2S. The molecule has 0 radical (unpaired) electrons. The molecule has 0 aromatic heterocycles. The quantitative estimate of drug-likeness (QED) is 0.700. The van der Waals surface area contributed by atoms with Crippen molar-refractivity contribution in [3.05, 3.63) is 0 Å². The first-order valence-electron chi connectivity index (χ1n) is 4.43. The van der Waals surface area contributed by atoms with Crippen LogP contribution >= 0.6 is 0 Å². The molecule has 2 unspecified atom stereocenters. The van der Waals surface area contributed by atoms with Crippen LogP contribution in [0.1, 0.15) is 19.3 Å². The summed E-state index contributed by atoms with van der Waals surface area (Å²) < 4.78 is 13.1. The van der Waals surface area contributed by atoms with E-state index in [1.54, 1.807) is 6.26 Å². The lowest BCUT2D eigenvalue weighted by Crippen LogP contribution is -2.36. The van der Waals surface area contributed by atoms with Gasteiger partial charge in [0, 0.05) is 26.0 Å². The third-order valence-electron chi connectivity index (χ3n) is 2.38. The molecule has 1 N–H and O–H groups in total. The molecule has 3 nitrogen and oxygen atoms in total. The van der Waals surface area contributed by atoms with Crippen molar-refractivity contribution in [2.24, 2.45) is 5.92 Å². The molecule has 1 saturated heterocycles. The van der Waals surface area contributed by atoms with Crippen LogP contribution in [0.5, 0.6) is 0 Å². The van der Waals surface area contributed by atoms with Gasteiger partial charge in [-0.25, -0.2) is 8.51 Å². The molecular weight excluding hydrogens is 174 g/mol. The predicted molar refractivity (Wildman–Crippen MR) is 50.1 cm³/mol. The zero-order valence-corrected chi connectivity index (χ0v) is 8.35. The Morgan fingerprint density at radius 3 is 3.00 bits per heavy atom. The van der Waals surface area contributed by atoms with Crippen molar-refractivity contribution in [1.82, 2.24) is 4.31 Å². The highest BCUT2D eigenvalue weighted by atomic mass is 32.2. The fourth-order valence-corrected chi connectivity index (χ4v) is 2.49. The van der Waals surface area contributed by atoms with Gasteiger partial charge in [0.25, 0.3) is 0 Å². The molecule has 1 heterocycles. The highest BCUT2D eigenvalue weighted by Crippen LogP contribution is 2.19. The fourth-order valence-electron chi connectivity index (χ4n) is 1.68. The maximum absolute atomic E-state index is 11.1. The summed E-state index contributed by atoms with van der Waals surface area (Å²) in [5.74, 6) is 0.549. The molecule has 2 atom stereocenters. The first kappa shape index (κ1) is 10.2. The maximum Gasteiger partial charge on any atom is 0.0910 e. The monoisotopic (exact) mass is 191 g/mol. The Morgan fingerprint density at radius 1 is 1.67 bits per heavy atom. The van der Waals surface area contributed by atoms with Gasteiger partial charge in [0.2, 0.25) is 0 Å². The second-order valence-corrected chi connectivity index (χ2v) is 4.70. The summed E-state index contributed by atoms with van der Waals surface area (Å²) in [5, 5.41) is 8.75. The Labute approximate surface area is 76.4 Å². The van der Waals surface area contributed by atoms with Crippen LogP contribution in [0.15, 0.2) is 0 Å². The Bertz CT molecular complexity index is 161. The van der Waals surface area contributed by atoms with Crippen LogP contribution in [0.2, 0.25) is 0 Å². The van der Waals surface area contributed by atoms with Gasteiger partial charge in [-0.1, -0.05) is 0 Å². The Balaban J connectivity index is 2.35. The van der Waals surface area contributed by atoms with Crippen molar-refractivity contribution in [3.8, 4) is 0 Å². The molecule has 1 aliphatic heterocycles. The van der Waals surface area contributed by atoms with Crippen LogP contribution in [0.4, 0.5) is 0 Å². The number of hydrogen-bond acceptors (Lipinski definition) is 2. The molecule has 1 aliphatic rings. The second kappa shape index (κ2) is 4.94. The fraction of sp³-hybridized carbons (Fsp3) is 1.00. The largest absolute Gasteiger partial charge is 0.396 e. The zero-order chi connectivity index (χ0) is 8.97. The van der Waals surface area contributed by atoms with E-state index in [2.05, 4.69) is 0 Å². The van der Waals surface area contributed by atoms with Crippen LogP contribution in [0.25, 0.3) is 0 Å². The summed E-state index contributed by atoms with van der Waals surface area (Å²) in [6, 6.07) is 0. The first-order chi connectivity index (χ1) is 5.74. The topological polar surface area (TPSA) is 40.5 Å². The molecule has 0 aromatic carbocycles. The van der Waals surface area contributed by atoms with Gasteiger partial charge in [-0.15, -0.1) is 0 Å². The summed E-state index contributed by atoms with van der Waals surface area (Å²) >= 11 is 0. The van der Waals surface area contributed by atoms with Gasteiger partial charge in [-0.2, -0.15) is 0 Å². The van der Waals surface area contributed by atoms with E-state index in [0.717, 1.165) is 25.9 Å². The summed E-state index contributed by atoms with van der Waals surface area (Å²) in [6.45, 7) is 2.10. The maximum atomic E-state index is 11.1. The molecule has 0 saturated carbocycles. The molecule has 0 amide bonds. The Kier molecular flexibility index (Phi) is 4.18. The number of aliphatic hydroxyl groups is 1. The van der Waals surface area contributed by atoms with Crippen LogP contribution in [0.3, 0.4) is 0 Å². The van der Waals surface area contributed by atoms with Crippen LogP contribution < -0.4 is 0 Å². The van der Waals surface area contributed by atoms with Crippen molar-refractivity contribution in [2.75, 3.05) is 26.0 Å². The standard InChI is InChI=1S/C8H17NO2S/c1-12(11)9-5-2-3-8(7-9)4-6-10/h8,10H,2-7H2,1H3. The van der Waals surface area contributed by atoms with E-state index in [9.17, 15) is 4.21 Å². The van der Waals surface area contributed by atoms with E-state index >= 15 is 0 Å². The minimum Gasteiger partial charge on any atom is -0.396 e. The molecule has 0 spiro atoms. The van der Waals surface area contributed by atoms with E-state index in [4.69, 9.17) is 5.11 Å². The van der Waals surface area contributed by atoms with E-state index in [0.29, 0.717) is 5.92 Å². The third-order valence-corrected chi connectivity index (χ3v) is 3.44. The van der Waals surface area contributed by atoms with Crippen molar-refractivity contribution >= 4 is 11.0 Å². The SMILES string of the molecule is CS(=O)N1CCCC(CCO)C1. The molecule has 1 fully saturated rings. The zero-order valence-electron chi connectivity index (χ0n) is 7.53. The van der Waals surface area contributed by atoms with E-state index < -0.39 is 11.0 Å². The Morgan fingerprint density at radius 2 is 2.42 bits per heavy atom. The van der Waals surface area contributed by atoms with Crippen molar-refractivity contribution in [2.45, 2.75) is 19.3 Å². The lowest BCUT2D eigenvalue weighted by Gasteiger charge is -2.30. The van der Waals surface area contributed by atoms with Gasteiger partial charge >= 0.3 is 0 Å². The average molecular weight is 191 g/mol. The number of aliphatic hydroxyl groups excluding tert-OH is 1. The normalized spacial score (nSPS) is 28.7. The van der Waals surface area contributed by atoms with Gasteiger partial charge in [0.05, 0.1) is 11.0 Å². The van der Waals surface area contributed by atoms with Crippen molar-refractivity contribution < 1.29 is 9.32 Å². The molecule has 72 valence electrons. The number of hydrogen-bond donors (Lipinski definition) is 1. The van der Waals surface area contributed by atoms with Gasteiger partial charge in [0.1, 0.15) is 0 Å². The van der Waals surface area contributed by atoms with E-state index in [-0.39, 0.29) is 6.61 Å². The first-order valence-corrected chi connectivity index (χ1v) is 5.95. The lowest BCUT2D eigenvalue weighted by molar-refractivity contribution is 0.207. The van der Waals surface area contributed by atoms with Gasteiger partial charge in [0.15, 0.2) is 0 Å². The van der Waals surface area contributed by atoms with Crippen LogP contribution in [-0.2, 0) is 11.0 Å². The smallest absolute Gasteiger partial charge is 0.0910 e. The molecule has 1 rings (SSSR count). The second-order valence-electron chi connectivity index (χ2n) is 3.33. The van der Waals surface area contributed by atoms with Crippen LogP contribution in [0, 0.1) is 5.92 Å². The van der Waals surface area contributed by atoms with Crippen LogP contribution in [-0.4, -0.2) is 39.6 Å². The highest BCUT2D eigenvalue weighted by Gasteiger charge is 2.20. The highest BCUT2D eigenvalue weighted by molar-refractivity contribution is 7.81. The summed E-state index contributed by atoms with van der Waals surface area (Å²) in [4.78, 5) is 0. The number of rotatable bonds is 3. The predicted octanol–water partition coefficient (Wildman–Crippen LogP) is 0.374. The summed E-state index contributed by atoms with van der Waals surface area (Å²) in [6.07, 6.45) is 4.87. The van der Waals surface area contributed by atoms with Gasteiger partial charge in [-0.3, -0.25) is 0 Å². The molecule has 0 aliphatic carbocycles.